The largest absolute Gasteiger partial charge is 0.368 e. The Bertz CT molecular complexity index is 466. The Balaban J connectivity index is 2.65. The molecule has 0 unspecified atom stereocenters. The topological polar surface area (TPSA) is 104 Å². The predicted octanol–water partition coefficient (Wildman–Crippen LogP) is 0.165. The smallest absolute Gasteiger partial charge is 0.327 e. The predicted molar refractivity (Wildman–Crippen MR) is 84.3 cm³/mol. The second-order valence-electron chi connectivity index (χ2n) is 5.67. The van der Waals surface area contributed by atoms with E-state index in [9.17, 15) is 19.2 Å². The summed E-state index contributed by atoms with van der Waals surface area (Å²) in [4.78, 5) is 51.2. The van der Waals surface area contributed by atoms with Crippen LogP contribution in [0.2, 0.25) is 0 Å². The summed E-state index contributed by atoms with van der Waals surface area (Å²) in [5.74, 6) is -1.25. The average Bonchev–Trinajstić information content (AvgIpc) is 2.75. The first-order valence-corrected chi connectivity index (χ1v) is 8.06. The number of imide groups is 1. The monoisotopic (exact) mass is 326 g/mol. The van der Waals surface area contributed by atoms with Crippen LogP contribution in [0.4, 0.5) is 4.79 Å². The lowest BCUT2D eigenvalue weighted by atomic mass is 10.3. The maximum Gasteiger partial charge on any atom is 0.327 e. The van der Waals surface area contributed by atoms with Gasteiger partial charge in [0.15, 0.2) is 0 Å². The number of nitrogens with two attached hydrogens (primary N) is 1. The van der Waals surface area contributed by atoms with E-state index in [2.05, 4.69) is 0 Å². The van der Waals surface area contributed by atoms with E-state index >= 15 is 0 Å². The molecule has 0 aromatic heterocycles. The van der Waals surface area contributed by atoms with E-state index in [-0.39, 0.29) is 31.4 Å². The van der Waals surface area contributed by atoms with Gasteiger partial charge in [-0.2, -0.15) is 0 Å². The Kier molecular flexibility index (Phi) is 7.50. The minimum absolute atomic E-state index is 0.0908. The first kappa shape index (κ1) is 18.9. The zero-order valence-electron chi connectivity index (χ0n) is 13.9. The van der Waals surface area contributed by atoms with Gasteiger partial charge in [-0.15, -0.1) is 0 Å². The number of hydrogen-bond donors (Lipinski definition) is 1. The molecule has 1 aliphatic heterocycles. The van der Waals surface area contributed by atoms with Crippen molar-refractivity contribution >= 4 is 23.8 Å². The van der Waals surface area contributed by atoms with Gasteiger partial charge in [0.05, 0.1) is 6.54 Å². The number of primary amides is 1. The van der Waals surface area contributed by atoms with Crippen LogP contribution in [0.5, 0.6) is 0 Å². The third kappa shape index (κ3) is 5.54. The molecule has 8 nitrogen and oxygen atoms in total. The van der Waals surface area contributed by atoms with Crippen molar-refractivity contribution in [3.8, 4) is 0 Å². The van der Waals surface area contributed by atoms with Gasteiger partial charge in [0.2, 0.25) is 17.7 Å². The lowest BCUT2D eigenvalue weighted by Gasteiger charge is -2.24. The van der Waals surface area contributed by atoms with Crippen molar-refractivity contribution in [1.82, 2.24) is 14.7 Å². The molecule has 1 heterocycles. The van der Waals surface area contributed by atoms with Crippen molar-refractivity contribution in [2.45, 2.75) is 39.5 Å². The highest BCUT2D eigenvalue weighted by Crippen LogP contribution is 2.12. The van der Waals surface area contributed by atoms with Crippen molar-refractivity contribution in [3.05, 3.63) is 0 Å². The Labute approximate surface area is 136 Å². The number of hydrogen-bond acceptors (Lipinski definition) is 4. The minimum Gasteiger partial charge on any atom is -0.368 e. The molecule has 0 spiro atoms. The van der Waals surface area contributed by atoms with E-state index in [1.165, 1.54) is 14.7 Å². The fourth-order valence-electron chi connectivity index (χ4n) is 2.35. The van der Waals surface area contributed by atoms with Crippen molar-refractivity contribution < 1.29 is 19.2 Å². The van der Waals surface area contributed by atoms with Gasteiger partial charge in [0.1, 0.15) is 13.1 Å². The second-order valence-corrected chi connectivity index (χ2v) is 5.67. The van der Waals surface area contributed by atoms with Gasteiger partial charge in [0.25, 0.3) is 0 Å². The first-order chi connectivity index (χ1) is 10.9. The molecule has 1 aliphatic rings. The molecular weight excluding hydrogens is 300 g/mol. The number of carbonyl (C=O) groups is 4. The van der Waals surface area contributed by atoms with Crippen LogP contribution in [0.1, 0.15) is 39.5 Å². The molecule has 0 atom stereocenters. The van der Waals surface area contributed by atoms with Gasteiger partial charge in [-0.05, 0) is 12.8 Å². The lowest BCUT2D eigenvalue weighted by Crippen LogP contribution is -2.45. The van der Waals surface area contributed by atoms with E-state index < -0.39 is 11.9 Å². The van der Waals surface area contributed by atoms with Crippen LogP contribution in [0, 0.1) is 0 Å². The molecule has 1 fully saturated rings. The number of amides is 5. The summed E-state index contributed by atoms with van der Waals surface area (Å²) in [5.41, 5.74) is 5.16. The fourth-order valence-corrected chi connectivity index (χ4v) is 2.35. The Morgan fingerprint density at radius 3 is 2.39 bits per heavy atom. The molecule has 0 radical (unpaired) electrons. The van der Waals surface area contributed by atoms with Gasteiger partial charge in [-0.3, -0.25) is 19.3 Å². The van der Waals surface area contributed by atoms with Gasteiger partial charge >= 0.3 is 6.03 Å². The summed E-state index contributed by atoms with van der Waals surface area (Å²) in [6.45, 7) is 4.27. The summed E-state index contributed by atoms with van der Waals surface area (Å²) >= 11 is 0. The summed E-state index contributed by atoms with van der Waals surface area (Å²) < 4.78 is 0. The zero-order chi connectivity index (χ0) is 17.4. The van der Waals surface area contributed by atoms with Crippen LogP contribution in [0.3, 0.4) is 0 Å². The zero-order valence-corrected chi connectivity index (χ0v) is 13.9. The van der Waals surface area contributed by atoms with Crippen LogP contribution < -0.4 is 5.73 Å². The minimum atomic E-state index is -0.595. The SMILES string of the molecule is CCCCN(CC(N)=O)C(=O)CN1CC(=O)N(CCCC)C1=O. The molecule has 0 aliphatic carbocycles. The van der Waals surface area contributed by atoms with E-state index in [0.29, 0.717) is 13.1 Å². The number of rotatable bonds is 10. The normalized spacial score (nSPS) is 14.5. The van der Waals surface area contributed by atoms with Gasteiger partial charge in [0, 0.05) is 13.1 Å². The molecule has 130 valence electrons. The van der Waals surface area contributed by atoms with E-state index in [4.69, 9.17) is 5.73 Å². The van der Waals surface area contributed by atoms with Crippen LogP contribution in [-0.2, 0) is 14.4 Å². The highest BCUT2D eigenvalue weighted by atomic mass is 16.2. The fraction of sp³-hybridized carbons (Fsp3) is 0.733. The van der Waals surface area contributed by atoms with Crippen LogP contribution in [0.25, 0.3) is 0 Å². The Morgan fingerprint density at radius 2 is 1.83 bits per heavy atom. The van der Waals surface area contributed by atoms with Crippen LogP contribution in [-0.4, -0.2) is 71.2 Å². The molecule has 0 saturated carbocycles. The van der Waals surface area contributed by atoms with E-state index in [0.717, 1.165) is 25.7 Å². The molecule has 23 heavy (non-hydrogen) atoms. The molecule has 1 saturated heterocycles. The number of carbonyl (C=O) groups excluding carboxylic acids is 4. The quantitative estimate of drug-likeness (QED) is 0.578. The van der Waals surface area contributed by atoms with Crippen molar-refractivity contribution in [3.63, 3.8) is 0 Å². The number of urea groups is 1. The Hall–Kier alpha value is -2.12. The Morgan fingerprint density at radius 1 is 1.17 bits per heavy atom. The summed E-state index contributed by atoms with van der Waals surface area (Å²) in [5, 5.41) is 0. The van der Waals surface area contributed by atoms with Crippen LogP contribution in [0.15, 0.2) is 0 Å². The van der Waals surface area contributed by atoms with Gasteiger partial charge in [-0.1, -0.05) is 26.7 Å². The standard InChI is InChI=1S/C15H26N4O4/c1-3-5-7-17(9-12(16)20)13(21)10-18-11-14(22)19(15(18)23)8-6-4-2/h3-11H2,1-2H3,(H2,16,20). The molecule has 0 aromatic carbocycles. The number of nitrogens with zero attached hydrogens (tertiary/aromatic N) is 3. The van der Waals surface area contributed by atoms with Crippen molar-refractivity contribution in [2.24, 2.45) is 5.73 Å². The van der Waals surface area contributed by atoms with Crippen molar-refractivity contribution in [1.29, 1.82) is 0 Å². The number of unbranched alkanes of at least 4 members (excludes halogenated alkanes) is 2. The lowest BCUT2D eigenvalue weighted by molar-refractivity contribution is -0.135. The second kappa shape index (κ2) is 9.12. The molecule has 2 N–H and O–H groups in total. The molecule has 0 bridgehead atoms. The third-order valence-electron chi connectivity index (χ3n) is 3.67. The van der Waals surface area contributed by atoms with Gasteiger partial charge < -0.3 is 15.5 Å². The molecule has 8 heteroatoms. The maximum absolute atomic E-state index is 12.3. The van der Waals surface area contributed by atoms with Crippen LogP contribution >= 0.6 is 0 Å². The highest BCUT2D eigenvalue weighted by Gasteiger charge is 2.37. The average molecular weight is 326 g/mol. The van der Waals surface area contributed by atoms with E-state index in [1.807, 2.05) is 13.8 Å². The molecular formula is C15H26N4O4. The third-order valence-corrected chi connectivity index (χ3v) is 3.67. The van der Waals surface area contributed by atoms with Gasteiger partial charge in [-0.25, -0.2) is 4.79 Å². The summed E-state index contributed by atoms with van der Waals surface area (Å²) in [7, 11) is 0. The maximum atomic E-state index is 12.3. The molecule has 0 aromatic rings. The summed E-state index contributed by atoms with van der Waals surface area (Å²) in [6.07, 6.45) is 3.23. The van der Waals surface area contributed by atoms with E-state index in [1.54, 1.807) is 0 Å². The van der Waals surface area contributed by atoms with Crippen molar-refractivity contribution in [2.75, 3.05) is 32.7 Å². The molecule has 5 amide bonds. The summed E-state index contributed by atoms with van der Waals surface area (Å²) in [6, 6.07) is -0.439. The first-order valence-electron chi connectivity index (χ1n) is 8.06. The molecule has 1 rings (SSSR count). The highest BCUT2D eigenvalue weighted by molar-refractivity contribution is 6.03.